The molecule has 2 N–H and O–H groups in total. The van der Waals surface area contributed by atoms with E-state index in [0.717, 1.165) is 5.69 Å². The Morgan fingerprint density at radius 1 is 1.27 bits per heavy atom. The molecule has 0 aliphatic carbocycles. The number of benzene rings is 1. The van der Waals surface area contributed by atoms with Gasteiger partial charge in [-0.2, -0.15) is 0 Å². The molecule has 3 rings (SSSR count). The van der Waals surface area contributed by atoms with E-state index < -0.39 is 27.7 Å². The van der Waals surface area contributed by atoms with Crippen molar-refractivity contribution in [3.8, 4) is 0 Å². The minimum Gasteiger partial charge on any atom is -0.480 e. The van der Waals surface area contributed by atoms with Crippen LogP contribution in [0.25, 0.3) is 0 Å². The fourth-order valence-corrected chi connectivity index (χ4v) is 5.22. The number of hydrogen-bond acceptors (Lipinski definition) is 5. The smallest absolute Gasteiger partial charge is 0.327 e. The van der Waals surface area contributed by atoms with Crippen LogP contribution in [-0.4, -0.2) is 63.6 Å². The van der Waals surface area contributed by atoms with Gasteiger partial charge in [-0.15, -0.1) is 11.8 Å². The molecule has 2 fully saturated rings. The number of carbonyl (C=O) groups excluding carboxylic acids is 2. The summed E-state index contributed by atoms with van der Waals surface area (Å²) in [5, 5.41) is 11.9. The molecule has 0 aromatic heterocycles. The molecular weight excluding hydrogens is 354 g/mol. The largest absolute Gasteiger partial charge is 0.480 e. The van der Waals surface area contributed by atoms with Gasteiger partial charge in [0.2, 0.25) is 0 Å². The van der Waals surface area contributed by atoms with E-state index in [0.29, 0.717) is 5.56 Å². The number of nitrogens with one attached hydrogen (secondary N) is 1. The van der Waals surface area contributed by atoms with E-state index in [1.807, 2.05) is 38.9 Å². The summed E-state index contributed by atoms with van der Waals surface area (Å²) >= 11 is 1.41. The van der Waals surface area contributed by atoms with Gasteiger partial charge in [0.1, 0.15) is 17.0 Å². The van der Waals surface area contributed by atoms with E-state index in [1.54, 1.807) is 25.1 Å². The Hall–Kier alpha value is -2.22. The average Bonchev–Trinajstić information content (AvgIpc) is 2.84. The number of aliphatic carboxylic acids is 1. The van der Waals surface area contributed by atoms with Gasteiger partial charge in [0, 0.05) is 30.1 Å². The molecule has 2 amide bonds. The van der Waals surface area contributed by atoms with Crippen molar-refractivity contribution in [2.45, 2.75) is 42.5 Å². The van der Waals surface area contributed by atoms with Crippen LogP contribution in [0.3, 0.4) is 0 Å². The van der Waals surface area contributed by atoms with Crippen LogP contribution in [0.4, 0.5) is 5.69 Å². The van der Waals surface area contributed by atoms with Crippen molar-refractivity contribution in [3.63, 3.8) is 0 Å². The second kappa shape index (κ2) is 5.90. The molecule has 1 unspecified atom stereocenters. The first-order chi connectivity index (χ1) is 12.0. The summed E-state index contributed by atoms with van der Waals surface area (Å²) in [6.45, 7) is 5.28. The molecule has 2 heterocycles. The zero-order valence-electron chi connectivity index (χ0n) is 15.4. The van der Waals surface area contributed by atoms with Gasteiger partial charge >= 0.3 is 5.97 Å². The Morgan fingerprint density at radius 2 is 1.92 bits per heavy atom. The number of nitrogens with zero attached hydrogens (tertiary/aromatic N) is 2. The number of carboxylic acids is 1. The highest BCUT2D eigenvalue weighted by Crippen LogP contribution is 2.54. The SMILES string of the molecule is CN(C)c1cccc(C(=O)NC2(C)C(=O)N3[C@@H](C(=O)O)C(C)(C)S[C@@H]32)c1. The van der Waals surface area contributed by atoms with Gasteiger partial charge in [-0.1, -0.05) is 6.07 Å². The van der Waals surface area contributed by atoms with Crippen molar-refractivity contribution in [2.24, 2.45) is 0 Å². The molecule has 140 valence electrons. The van der Waals surface area contributed by atoms with Crippen LogP contribution in [0.1, 0.15) is 31.1 Å². The molecule has 1 aromatic carbocycles. The summed E-state index contributed by atoms with van der Waals surface area (Å²) < 4.78 is -0.626. The maximum atomic E-state index is 12.7. The molecule has 26 heavy (non-hydrogen) atoms. The second-order valence-electron chi connectivity index (χ2n) is 7.63. The Bertz CT molecular complexity index is 794. The standard InChI is InChI=1S/C18H23N3O4S/c1-17(2)12(14(23)24)21-15(25)18(3,16(21)26-17)19-13(22)10-7-6-8-11(9-10)20(4)5/h6-9,12,16H,1-5H3,(H,19,22)(H,23,24)/t12-,16+,18?/m0/s1. The third-order valence-electron chi connectivity index (χ3n) is 5.01. The maximum absolute atomic E-state index is 12.7. The minimum atomic E-state index is -1.11. The van der Waals surface area contributed by atoms with Crippen molar-refractivity contribution in [1.82, 2.24) is 10.2 Å². The highest BCUT2D eigenvalue weighted by atomic mass is 32.2. The molecule has 0 bridgehead atoms. The van der Waals surface area contributed by atoms with Crippen molar-refractivity contribution in [1.29, 1.82) is 0 Å². The molecule has 7 nitrogen and oxygen atoms in total. The van der Waals surface area contributed by atoms with Crippen molar-refractivity contribution in [3.05, 3.63) is 29.8 Å². The van der Waals surface area contributed by atoms with Gasteiger partial charge in [-0.25, -0.2) is 4.79 Å². The maximum Gasteiger partial charge on any atom is 0.327 e. The highest BCUT2D eigenvalue weighted by molar-refractivity contribution is 8.01. The molecule has 2 aliphatic rings. The van der Waals surface area contributed by atoms with E-state index >= 15 is 0 Å². The Balaban J connectivity index is 1.83. The van der Waals surface area contributed by atoms with Gasteiger partial charge in [0.15, 0.2) is 0 Å². The lowest BCUT2D eigenvalue weighted by atomic mass is 9.86. The highest BCUT2D eigenvalue weighted by Gasteiger charge is 2.70. The van der Waals surface area contributed by atoms with Crippen molar-refractivity contribution in [2.75, 3.05) is 19.0 Å². The first-order valence-electron chi connectivity index (χ1n) is 8.32. The fourth-order valence-electron chi connectivity index (χ4n) is 3.57. The molecule has 3 atom stereocenters. The second-order valence-corrected chi connectivity index (χ2v) is 9.36. The summed E-state index contributed by atoms with van der Waals surface area (Å²) in [4.78, 5) is 40.3. The van der Waals surface area contributed by atoms with E-state index in [1.165, 1.54) is 16.7 Å². The molecule has 0 radical (unpaired) electrons. The quantitative estimate of drug-likeness (QED) is 0.771. The first kappa shape index (κ1) is 18.6. The topological polar surface area (TPSA) is 90.0 Å². The Morgan fingerprint density at radius 3 is 2.50 bits per heavy atom. The molecule has 0 spiro atoms. The van der Waals surface area contributed by atoms with Crippen molar-refractivity contribution < 1.29 is 19.5 Å². The average molecular weight is 377 g/mol. The van der Waals surface area contributed by atoms with E-state index in [4.69, 9.17) is 0 Å². The Labute approximate surface area is 156 Å². The summed E-state index contributed by atoms with van der Waals surface area (Å²) in [6, 6.07) is 6.23. The number of thioether (sulfide) groups is 1. The van der Waals surface area contributed by atoms with Gasteiger partial charge in [-0.3, -0.25) is 9.59 Å². The third-order valence-corrected chi connectivity index (χ3v) is 6.76. The summed E-state index contributed by atoms with van der Waals surface area (Å²) in [6.07, 6.45) is 0. The lowest BCUT2D eigenvalue weighted by Gasteiger charge is -2.51. The third kappa shape index (κ3) is 2.63. The number of carbonyl (C=O) groups is 3. The van der Waals surface area contributed by atoms with Crippen LogP contribution in [0.5, 0.6) is 0 Å². The number of anilines is 1. The summed E-state index contributed by atoms with van der Waals surface area (Å²) in [5.74, 6) is -1.73. The van der Waals surface area contributed by atoms with Crippen LogP contribution in [0.2, 0.25) is 0 Å². The zero-order chi connectivity index (χ0) is 19.4. The van der Waals surface area contributed by atoms with Crippen LogP contribution < -0.4 is 10.2 Å². The zero-order valence-corrected chi connectivity index (χ0v) is 16.3. The number of fused-ring (bicyclic) bond motifs is 1. The van der Waals surface area contributed by atoms with E-state index in [-0.39, 0.29) is 11.8 Å². The molecule has 0 saturated carbocycles. The number of β-lactam (4-membered cyclic amide) rings is 1. The van der Waals surface area contributed by atoms with Gasteiger partial charge in [-0.05, 0) is 39.0 Å². The molecule has 2 aliphatic heterocycles. The first-order valence-corrected chi connectivity index (χ1v) is 9.20. The van der Waals surface area contributed by atoms with E-state index in [9.17, 15) is 19.5 Å². The van der Waals surface area contributed by atoms with Gasteiger partial charge in [0.25, 0.3) is 11.8 Å². The molecular formula is C18H23N3O4S. The molecule has 1 aromatic rings. The normalized spacial score (nSPS) is 29.0. The number of carboxylic acid groups (broad SMARTS) is 1. The predicted molar refractivity (Wildman–Crippen MR) is 100 cm³/mol. The van der Waals surface area contributed by atoms with Crippen LogP contribution in [0.15, 0.2) is 24.3 Å². The van der Waals surface area contributed by atoms with Crippen LogP contribution >= 0.6 is 11.8 Å². The summed E-state index contributed by atoms with van der Waals surface area (Å²) in [7, 11) is 3.77. The number of hydrogen-bond donors (Lipinski definition) is 2. The minimum absolute atomic E-state index is 0.346. The monoisotopic (exact) mass is 377 g/mol. The lowest BCUT2D eigenvalue weighted by molar-refractivity contribution is -0.165. The number of rotatable bonds is 4. The van der Waals surface area contributed by atoms with Gasteiger partial charge in [0.05, 0.1) is 0 Å². The van der Waals surface area contributed by atoms with Crippen LogP contribution in [0, 0.1) is 0 Å². The fraction of sp³-hybridized carbons (Fsp3) is 0.500. The molecule has 2 saturated heterocycles. The van der Waals surface area contributed by atoms with Crippen LogP contribution in [-0.2, 0) is 9.59 Å². The summed E-state index contributed by atoms with van der Waals surface area (Å²) in [5.41, 5.74) is 0.226. The van der Waals surface area contributed by atoms with E-state index in [2.05, 4.69) is 5.32 Å². The van der Waals surface area contributed by atoms with Crippen molar-refractivity contribution >= 4 is 35.2 Å². The molecule has 8 heteroatoms. The van der Waals surface area contributed by atoms with Gasteiger partial charge < -0.3 is 20.2 Å². The number of amides is 2. The Kier molecular flexibility index (Phi) is 4.22. The lowest BCUT2D eigenvalue weighted by Crippen LogP contribution is -2.78. The predicted octanol–water partition coefficient (Wildman–Crippen LogP) is 1.39.